The van der Waals surface area contributed by atoms with E-state index in [2.05, 4.69) is 20.3 Å². The van der Waals surface area contributed by atoms with Gasteiger partial charge in [0, 0.05) is 38.0 Å². The predicted molar refractivity (Wildman–Crippen MR) is 102 cm³/mol. The van der Waals surface area contributed by atoms with Gasteiger partial charge < -0.3 is 14.7 Å². The summed E-state index contributed by atoms with van der Waals surface area (Å²) in [5.74, 6) is 0.413. The average Bonchev–Trinajstić information content (AvgIpc) is 3.14. The van der Waals surface area contributed by atoms with E-state index in [1.54, 1.807) is 35.0 Å². The maximum atomic E-state index is 14.1. The summed E-state index contributed by atoms with van der Waals surface area (Å²) in [5.41, 5.74) is 2.72. The molecule has 28 heavy (non-hydrogen) atoms. The van der Waals surface area contributed by atoms with Crippen molar-refractivity contribution in [2.45, 2.75) is 18.6 Å². The Morgan fingerprint density at radius 3 is 2.75 bits per heavy atom. The number of phenolic OH excluding ortho intramolecular Hbond substituents is 1. The third kappa shape index (κ3) is 3.53. The van der Waals surface area contributed by atoms with Crippen LogP contribution in [0.5, 0.6) is 5.75 Å². The zero-order valence-corrected chi connectivity index (χ0v) is 15.7. The van der Waals surface area contributed by atoms with E-state index >= 15 is 0 Å². The first kappa shape index (κ1) is 18.3. The molecule has 3 heterocycles. The van der Waals surface area contributed by atoms with Gasteiger partial charge in [0.25, 0.3) is 0 Å². The summed E-state index contributed by atoms with van der Waals surface area (Å²) in [5, 5.41) is 22.9. The number of hydrogen-bond acceptors (Lipinski definition) is 7. The molecule has 2 aromatic heterocycles. The van der Waals surface area contributed by atoms with E-state index in [1.165, 1.54) is 6.20 Å². The van der Waals surface area contributed by atoms with Crippen molar-refractivity contribution >= 4 is 5.95 Å². The Labute approximate surface area is 161 Å². The molecule has 0 unspecified atom stereocenters. The fourth-order valence-electron chi connectivity index (χ4n) is 3.33. The van der Waals surface area contributed by atoms with Crippen LogP contribution in [0.25, 0.3) is 22.4 Å². The summed E-state index contributed by atoms with van der Waals surface area (Å²) in [7, 11) is 3.59. The molecule has 1 fully saturated rings. The highest BCUT2D eigenvalue weighted by Crippen LogP contribution is 2.32. The van der Waals surface area contributed by atoms with Crippen molar-refractivity contribution in [3.63, 3.8) is 0 Å². The van der Waals surface area contributed by atoms with Crippen LogP contribution in [0.3, 0.4) is 0 Å². The van der Waals surface area contributed by atoms with Crippen LogP contribution in [-0.4, -0.2) is 62.5 Å². The Balaban J connectivity index is 1.55. The van der Waals surface area contributed by atoms with Crippen LogP contribution < -0.4 is 4.90 Å². The molecule has 8 nitrogen and oxygen atoms in total. The van der Waals surface area contributed by atoms with E-state index in [9.17, 15) is 9.50 Å². The quantitative estimate of drug-likeness (QED) is 0.738. The zero-order valence-electron chi connectivity index (χ0n) is 15.7. The monoisotopic (exact) mass is 384 g/mol. The first-order valence-electron chi connectivity index (χ1n) is 8.99. The van der Waals surface area contributed by atoms with Crippen LogP contribution in [0.4, 0.5) is 10.3 Å². The van der Waals surface area contributed by atoms with Crippen molar-refractivity contribution in [2.24, 2.45) is 7.05 Å². The summed E-state index contributed by atoms with van der Waals surface area (Å²) >= 11 is 0. The van der Waals surface area contributed by atoms with Gasteiger partial charge in [-0.25, -0.2) is 9.37 Å². The van der Waals surface area contributed by atoms with Crippen molar-refractivity contribution in [1.29, 1.82) is 0 Å². The predicted octanol–water partition coefficient (Wildman–Crippen LogP) is 2.21. The van der Waals surface area contributed by atoms with E-state index in [4.69, 9.17) is 4.74 Å². The number of rotatable bonds is 4. The molecule has 1 aromatic carbocycles. The van der Waals surface area contributed by atoms with Gasteiger partial charge in [0.2, 0.25) is 5.95 Å². The van der Waals surface area contributed by atoms with Gasteiger partial charge in [-0.15, -0.1) is 10.2 Å². The number of anilines is 1. The summed E-state index contributed by atoms with van der Waals surface area (Å²) in [6.45, 7) is 0.593. The van der Waals surface area contributed by atoms with Crippen LogP contribution in [0, 0.1) is 0 Å². The molecule has 0 spiro atoms. The summed E-state index contributed by atoms with van der Waals surface area (Å²) in [6, 6.07) is 4.96. The smallest absolute Gasteiger partial charge is 0.245 e. The number of halogens is 1. The van der Waals surface area contributed by atoms with Gasteiger partial charge in [0.05, 0.1) is 25.0 Å². The van der Waals surface area contributed by atoms with Gasteiger partial charge in [-0.2, -0.15) is 5.10 Å². The van der Waals surface area contributed by atoms with E-state index < -0.39 is 6.17 Å². The second-order valence-electron chi connectivity index (χ2n) is 6.84. The number of hydrogen-bond donors (Lipinski definition) is 1. The minimum Gasteiger partial charge on any atom is -0.507 e. The number of phenols is 1. The van der Waals surface area contributed by atoms with Crippen molar-refractivity contribution in [3.8, 4) is 28.1 Å². The molecule has 4 rings (SSSR count). The lowest BCUT2D eigenvalue weighted by molar-refractivity contribution is 0.0223. The lowest BCUT2D eigenvalue weighted by Crippen LogP contribution is -2.46. The molecular formula is C19H21FN6O2. The largest absolute Gasteiger partial charge is 0.507 e. The number of nitrogens with zero attached hydrogens (tertiary/aromatic N) is 6. The second-order valence-corrected chi connectivity index (χ2v) is 6.84. The standard InChI is InChI=1S/C19H21FN6O2/c1-25-10-13(8-22-25)12-3-4-14(18(27)7-12)16-9-21-19(24-23-16)26(2)17-5-6-28-11-15(17)20/h3-4,7-10,15,17,27H,5-6,11H2,1-2H3/t15-,17+/m1/s1. The SMILES string of the molecule is CN(c1ncc(-c2ccc(-c3cnn(C)c3)cc2O)nn1)[C@H]1CCOC[C@H]1F. The molecule has 1 N–H and O–H groups in total. The van der Waals surface area contributed by atoms with E-state index in [0.717, 1.165) is 11.1 Å². The number of benzene rings is 1. The minimum absolute atomic E-state index is 0.0757. The molecule has 0 aliphatic carbocycles. The third-order valence-corrected chi connectivity index (χ3v) is 4.93. The first-order chi connectivity index (χ1) is 13.5. The molecule has 1 aliphatic rings. The number of aromatic hydroxyl groups is 1. The van der Waals surface area contributed by atoms with E-state index in [0.29, 0.717) is 30.2 Å². The van der Waals surface area contributed by atoms with Crippen molar-refractivity contribution in [3.05, 3.63) is 36.8 Å². The van der Waals surface area contributed by atoms with Crippen molar-refractivity contribution in [2.75, 3.05) is 25.2 Å². The normalized spacial score (nSPS) is 19.5. The maximum Gasteiger partial charge on any atom is 0.245 e. The Morgan fingerprint density at radius 2 is 2.11 bits per heavy atom. The summed E-state index contributed by atoms with van der Waals surface area (Å²) in [6.07, 6.45) is 4.61. The number of alkyl halides is 1. The van der Waals surface area contributed by atoms with Crippen molar-refractivity contribution in [1.82, 2.24) is 25.0 Å². The van der Waals surface area contributed by atoms with Crippen LogP contribution >= 0.6 is 0 Å². The molecule has 0 radical (unpaired) electrons. The van der Waals surface area contributed by atoms with E-state index in [1.807, 2.05) is 19.3 Å². The van der Waals surface area contributed by atoms with Crippen LogP contribution in [0.1, 0.15) is 6.42 Å². The Bertz CT molecular complexity index is 961. The lowest BCUT2D eigenvalue weighted by atomic mass is 10.0. The van der Waals surface area contributed by atoms with Crippen LogP contribution in [-0.2, 0) is 11.8 Å². The molecule has 0 bridgehead atoms. The first-order valence-corrected chi connectivity index (χ1v) is 8.99. The fraction of sp³-hybridized carbons (Fsp3) is 0.368. The molecule has 1 aliphatic heterocycles. The van der Waals surface area contributed by atoms with Gasteiger partial charge in [-0.1, -0.05) is 6.07 Å². The van der Waals surface area contributed by atoms with Gasteiger partial charge >= 0.3 is 0 Å². The molecular weight excluding hydrogens is 363 g/mol. The van der Waals surface area contributed by atoms with E-state index in [-0.39, 0.29) is 18.4 Å². The summed E-state index contributed by atoms with van der Waals surface area (Å²) < 4.78 is 20.9. The van der Waals surface area contributed by atoms with Gasteiger partial charge in [0.1, 0.15) is 17.6 Å². The number of aryl methyl sites for hydroxylation is 1. The molecule has 3 aromatic rings. The van der Waals surface area contributed by atoms with Crippen LogP contribution in [0.2, 0.25) is 0 Å². The Kier molecular flexibility index (Phi) is 4.91. The maximum absolute atomic E-state index is 14.1. The molecule has 2 atom stereocenters. The Morgan fingerprint density at radius 1 is 1.25 bits per heavy atom. The number of ether oxygens (including phenoxy) is 1. The van der Waals surface area contributed by atoms with Crippen molar-refractivity contribution < 1.29 is 14.2 Å². The Hall–Kier alpha value is -3.07. The molecule has 0 amide bonds. The zero-order chi connectivity index (χ0) is 19.7. The number of aromatic nitrogens is 5. The fourth-order valence-corrected chi connectivity index (χ4v) is 3.33. The highest BCUT2D eigenvalue weighted by molar-refractivity contribution is 5.73. The third-order valence-electron chi connectivity index (χ3n) is 4.93. The van der Waals surface area contributed by atoms with Crippen LogP contribution in [0.15, 0.2) is 36.8 Å². The average molecular weight is 384 g/mol. The topological polar surface area (TPSA) is 89.2 Å². The second kappa shape index (κ2) is 7.51. The lowest BCUT2D eigenvalue weighted by Gasteiger charge is -2.33. The highest BCUT2D eigenvalue weighted by atomic mass is 19.1. The molecule has 0 saturated carbocycles. The molecule has 146 valence electrons. The van der Waals surface area contributed by atoms with Gasteiger partial charge in [-0.3, -0.25) is 4.68 Å². The summed E-state index contributed by atoms with van der Waals surface area (Å²) in [4.78, 5) is 6.00. The molecule has 9 heteroatoms. The highest BCUT2D eigenvalue weighted by Gasteiger charge is 2.30. The van der Waals surface area contributed by atoms with Gasteiger partial charge in [0.15, 0.2) is 0 Å². The van der Waals surface area contributed by atoms with Gasteiger partial charge in [-0.05, 0) is 24.1 Å². The minimum atomic E-state index is -1.09. The molecule has 1 saturated heterocycles.